The van der Waals surface area contributed by atoms with Gasteiger partial charge in [0.15, 0.2) is 23.0 Å². The molecule has 2 aliphatic rings. The molecule has 8 rings (SSSR count). The van der Waals surface area contributed by atoms with Crippen LogP contribution in [0.2, 0.25) is 0 Å². The first-order chi connectivity index (χ1) is 28.7. The van der Waals surface area contributed by atoms with Gasteiger partial charge < -0.3 is 47.4 Å². The average molecular weight is 903 g/mol. The molecule has 0 aliphatic carbocycles. The number of thiophene rings is 6. The maximum absolute atomic E-state index is 6.14. The third-order valence-electron chi connectivity index (χ3n) is 8.98. The Labute approximate surface area is 362 Å². The second-order valence-corrected chi connectivity index (χ2v) is 18.9. The van der Waals surface area contributed by atoms with Gasteiger partial charge in [-0.2, -0.15) is 0 Å². The molecule has 0 fully saturated rings. The molecule has 0 amide bonds. The van der Waals surface area contributed by atoms with Crippen molar-refractivity contribution in [2.75, 3.05) is 92.5 Å². The van der Waals surface area contributed by atoms with Crippen molar-refractivity contribution in [1.82, 2.24) is 0 Å². The van der Waals surface area contributed by atoms with E-state index in [0.29, 0.717) is 106 Å². The van der Waals surface area contributed by atoms with Gasteiger partial charge >= 0.3 is 0 Å². The molecule has 0 radical (unpaired) electrons. The first kappa shape index (κ1) is 41.9. The van der Waals surface area contributed by atoms with Crippen molar-refractivity contribution in [3.8, 4) is 71.8 Å². The van der Waals surface area contributed by atoms with Gasteiger partial charge in [0.05, 0.1) is 85.6 Å². The molecule has 0 aromatic carbocycles. The fourth-order valence-electron chi connectivity index (χ4n) is 6.27. The highest BCUT2D eigenvalue weighted by molar-refractivity contribution is 7.30. The van der Waals surface area contributed by atoms with E-state index < -0.39 is 0 Å². The zero-order valence-corrected chi connectivity index (χ0v) is 37.4. The van der Waals surface area contributed by atoms with Crippen LogP contribution in [0.5, 0.6) is 23.0 Å². The lowest BCUT2D eigenvalue weighted by molar-refractivity contribution is 0.0129. The van der Waals surface area contributed by atoms with E-state index in [9.17, 15) is 0 Å². The van der Waals surface area contributed by atoms with Crippen molar-refractivity contribution >= 4 is 68.0 Å². The molecular weight excluding hydrogens is 857 g/mol. The molecule has 0 saturated heterocycles. The minimum Gasteiger partial charge on any atom is -0.485 e. The van der Waals surface area contributed by atoms with Crippen LogP contribution in [0, 0.1) is 0 Å². The highest BCUT2D eigenvalue weighted by Gasteiger charge is 2.26. The van der Waals surface area contributed by atoms with Crippen LogP contribution in [0.1, 0.15) is 25.0 Å². The summed E-state index contributed by atoms with van der Waals surface area (Å²) >= 11 is 10.5. The van der Waals surface area contributed by atoms with Gasteiger partial charge in [0.2, 0.25) is 0 Å². The summed E-state index contributed by atoms with van der Waals surface area (Å²) < 4.78 is 58.4. The molecule has 10 nitrogen and oxygen atoms in total. The SMILES string of the molecule is CCOCCOCCOCc1cc(-c2ccc(-c3ccc(-c4cc(COCCOCCOCC)c(-c5scc6c5OCCO6)s4)s3)s2)sc1-c1scc2c1OCCO2. The summed E-state index contributed by atoms with van der Waals surface area (Å²) in [4.78, 5) is 11.8. The van der Waals surface area contributed by atoms with Crippen molar-refractivity contribution in [2.24, 2.45) is 0 Å². The summed E-state index contributed by atoms with van der Waals surface area (Å²) in [5, 5.41) is 4.09. The van der Waals surface area contributed by atoms with Crippen LogP contribution < -0.4 is 18.9 Å². The molecule has 0 bridgehead atoms. The van der Waals surface area contributed by atoms with Crippen molar-refractivity contribution in [1.29, 1.82) is 0 Å². The van der Waals surface area contributed by atoms with E-state index in [-0.39, 0.29) is 0 Å². The molecule has 58 heavy (non-hydrogen) atoms. The third kappa shape index (κ3) is 10.2. The van der Waals surface area contributed by atoms with Crippen LogP contribution in [-0.4, -0.2) is 92.5 Å². The standard InChI is InChI=1S/C42H46O10S6/c1-3-43-9-11-45-13-15-47-23-27-21-35(57-39(27)41-37-29(25-53-41)49-17-19-51-37)33-7-5-31(55-33)32-6-8-34(56-32)36-22-28(24-48-16-14-46-12-10-44-4-2)40(58-36)42-38-30(26-54-42)50-18-20-52-38/h5-8,21-22,25-26H,3-4,9-20,23-24H2,1-2H3. The van der Waals surface area contributed by atoms with E-state index >= 15 is 0 Å². The van der Waals surface area contributed by atoms with Crippen LogP contribution in [0.3, 0.4) is 0 Å². The van der Waals surface area contributed by atoms with E-state index in [1.54, 1.807) is 45.3 Å². The fraction of sp³-hybridized carbons (Fsp3) is 0.429. The van der Waals surface area contributed by atoms with E-state index in [1.807, 2.05) is 47.3 Å². The maximum Gasteiger partial charge on any atom is 0.180 e. The lowest BCUT2D eigenvalue weighted by Gasteiger charge is -2.16. The molecule has 0 spiro atoms. The Balaban J connectivity index is 0.990. The van der Waals surface area contributed by atoms with Crippen LogP contribution in [0.25, 0.3) is 48.8 Å². The van der Waals surface area contributed by atoms with Gasteiger partial charge in [-0.1, -0.05) is 0 Å². The van der Waals surface area contributed by atoms with Gasteiger partial charge in [-0.05, 0) is 61.4 Å². The monoisotopic (exact) mass is 902 g/mol. The topological polar surface area (TPSA) is 92.3 Å². The highest BCUT2D eigenvalue weighted by atomic mass is 32.1. The molecule has 6 aromatic rings. The van der Waals surface area contributed by atoms with Gasteiger partial charge in [-0.3, -0.25) is 0 Å². The molecule has 0 unspecified atom stereocenters. The zero-order chi connectivity index (χ0) is 39.5. The highest BCUT2D eigenvalue weighted by Crippen LogP contribution is 2.53. The quantitative estimate of drug-likeness (QED) is 0.0579. The third-order valence-corrected chi connectivity index (χ3v) is 16.3. The van der Waals surface area contributed by atoms with E-state index in [0.717, 1.165) is 53.6 Å². The van der Waals surface area contributed by atoms with Gasteiger partial charge in [-0.15, -0.1) is 68.0 Å². The smallest absolute Gasteiger partial charge is 0.180 e. The Hall–Kier alpha value is -2.84. The molecular formula is C42H46O10S6. The fourth-order valence-corrected chi connectivity index (χ4v) is 13.1. The predicted molar refractivity (Wildman–Crippen MR) is 237 cm³/mol. The van der Waals surface area contributed by atoms with Crippen molar-refractivity contribution in [3.63, 3.8) is 0 Å². The van der Waals surface area contributed by atoms with Crippen LogP contribution in [0.15, 0.2) is 47.2 Å². The molecule has 0 N–H and O–H groups in total. The zero-order valence-electron chi connectivity index (χ0n) is 32.5. The summed E-state index contributed by atoms with van der Waals surface area (Å²) in [6.07, 6.45) is 0. The number of rotatable bonds is 23. The summed E-state index contributed by atoms with van der Waals surface area (Å²) in [6, 6.07) is 13.5. The number of fused-ring (bicyclic) bond motifs is 2. The van der Waals surface area contributed by atoms with E-state index in [2.05, 4.69) is 36.4 Å². The molecule has 0 saturated carbocycles. The lowest BCUT2D eigenvalue weighted by atomic mass is 10.2. The second kappa shape index (κ2) is 21.1. The van der Waals surface area contributed by atoms with E-state index in [4.69, 9.17) is 47.4 Å². The van der Waals surface area contributed by atoms with Crippen molar-refractivity contribution < 1.29 is 47.4 Å². The Morgan fingerprint density at radius 1 is 0.431 bits per heavy atom. The summed E-state index contributed by atoms with van der Waals surface area (Å²) in [6.45, 7) is 12.9. The first-order valence-corrected chi connectivity index (χ1v) is 24.4. The van der Waals surface area contributed by atoms with Crippen LogP contribution >= 0.6 is 68.0 Å². The van der Waals surface area contributed by atoms with Crippen molar-refractivity contribution in [3.05, 3.63) is 58.3 Å². The molecule has 0 atom stereocenters. The number of ether oxygens (including phenoxy) is 10. The largest absolute Gasteiger partial charge is 0.485 e. The van der Waals surface area contributed by atoms with Gasteiger partial charge in [0.25, 0.3) is 0 Å². The second-order valence-electron chi connectivity index (χ2n) is 12.9. The maximum atomic E-state index is 6.14. The minimum atomic E-state index is 0.478. The van der Waals surface area contributed by atoms with Gasteiger partial charge in [0.1, 0.15) is 26.4 Å². The molecule has 16 heteroatoms. The average Bonchev–Trinajstić information content (AvgIpc) is 4.11. The molecule has 8 heterocycles. The molecule has 6 aromatic heterocycles. The minimum absolute atomic E-state index is 0.478. The lowest BCUT2D eigenvalue weighted by Crippen LogP contribution is -2.14. The Bertz CT molecular complexity index is 2040. The summed E-state index contributed by atoms with van der Waals surface area (Å²) in [5.41, 5.74) is 2.26. The molecule has 310 valence electrons. The van der Waals surface area contributed by atoms with E-state index in [1.165, 1.54) is 29.3 Å². The Kier molecular flexibility index (Phi) is 15.2. The Morgan fingerprint density at radius 3 is 1.24 bits per heavy atom. The predicted octanol–water partition coefficient (Wildman–Crippen LogP) is 11.1. The number of hydrogen-bond donors (Lipinski definition) is 0. The first-order valence-electron chi connectivity index (χ1n) is 19.4. The Morgan fingerprint density at radius 2 is 0.810 bits per heavy atom. The normalized spacial score (nSPS) is 13.5. The van der Waals surface area contributed by atoms with Gasteiger partial charge in [-0.25, -0.2) is 0 Å². The van der Waals surface area contributed by atoms with Crippen LogP contribution in [0.4, 0.5) is 0 Å². The van der Waals surface area contributed by atoms with Crippen molar-refractivity contribution in [2.45, 2.75) is 27.1 Å². The molecule has 2 aliphatic heterocycles. The summed E-state index contributed by atoms with van der Waals surface area (Å²) in [7, 11) is 0. The number of hydrogen-bond acceptors (Lipinski definition) is 16. The summed E-state index contributed by atoms with van der Waals surface area (Å²) in [5.74, 6) is 3.29. The van der Waals surface area contributed by atoms with Gasteiger partial charge in [0, 0.05) is 53.2 Å². The van der Waals surface area contributed by atoms with Crippen LogP contribution in [-0.2, 0) is 41.6 Å².